The molecule has 0 aliphatic rings. The zero-order valence-corrected chi connectivity index (χ0v) is 11.7. The van der Waals surface area contributed by atoms with Crippen LogP contribution in [0, 0.1) is 0 Å². The molecular formula is C14H14N6O. The third-order valence-electron chi connectivity index (χ3n) is 3.07. The van der Waals surface area contributed by atoms with Gasteiger partial charge in [0.2, 0.25) is 0 Å². The van der Waals surface area contributed by atoms with Crippen molar-refractivity contribution in [2.45, 2.75) is 0 Å². The lowest BCUT2D eigenvalue weighted by atomic mass is 10.3. The second-order valence-corrected chi connectivity index (χ2v) is 4.82. The molecule has 1 amide bonds. The molecule has 0 saturated heterocycles. The normalized spacial score (nSPS) is 10.8. The number of amides is 1. The highest BCUT2D eigenvalue weighted by molar-refractivity contribution is 5.91. The van der Waals surface area contributed by atoms with Crippen LogP contribution in [0.2, 0.25) is 0 Å². The average Bonchev–Trinajstić information content (AvgIpc) is 2.89. The molecule has 0 bridgehead atoms. The maximum Gasteiger partial charge on any atom is 0.273 e. The first-order valence-corrected chi connectivity index (χ1v) is 6.33. The molecule has 0 atom stereocenters. The standard InChI is InChI=1S/C14H14N6O/c1-19(2)14(21)11-6-16-7-13(18-11)20-8-17-10-4-3-9(15)5-12(10)20/h3-8H,15H2,1-2H3. The Morgan fingerprint density at radius 1 is 1.29 bits per heavy atom. The Kier molecular flexibility index (Phi) is 3.02. The summed E-state index contributed by atoms with van der Waals surface area (Å²) >= 11 is 0. The molecule has 0 fully saturated rings. The Labute approximate surface area is 121 Å². The Balaban J connectivity index is 2.13. The van der Waals surface area contributed by atoms with Crippen molar-refractivity contribution in [3.05, 3.63) is 42.6 Å². The number of rotatable bonds is 2. The molecule has 2 aromatic heterocycles. The number of fused-ring (bicyclic) bond motifs is 1. The fourth-order valence-electron chi connectivity index (χ4n) is 2.01. The van der Waals surface area contributed by atoms with E-state index in [1.807, 2.05) is 12.1 Å². The summed E-state index contributed by atoms with van der Waals surface area (Å²) in [4.78, 5) is 26.1. The van der Waals surface area contributed by atoms with Gasteiger partial charge in [-0.1, -0.05) is 0 Å². The minimum atomic E-state index is -0.201. The van der Waals surface area contributed by atoms with E-state index in [9.17, 15) is 4.79 Å². The Morgan fingerprint density at radius 2 is 2.10 bits per heavy atom. The van der Waals surface area contributed by atoms with Crippen LogP contribution < -0.4 is 5.73 Å². The maximum atomic E-state index is 12.0. The molecule has 106 valence electrons. The van der Waals surface area contributed by atoms with E-state index in [0.29, 0.717) is 11.5 Å². The van der Waals surface area contributed by atoms with Crippen LogP contribution in [-0.4, -0.2) is 44.4 Å². The first-order valence-electron chi connectivity index (χ1n) is 6.33. The minimum Gasteiger partial charge on any atom is -0.399 e. The maximum absolute atomic E-state index is 12.0. The topological polar surface area (TPSA) is 89.9 Å². The number of hydrogen-bond donors (Lipinski definition) is 1. The second-order valence-electron chi connectivity index (χ2n) is 4.82. The van der Waals surface area contributed by atoms with Gasteiger partial charge in [-0.15, -0.1) is 0 Å². The monoisotopic (exact) mass is 282 g/mol. The predicted octanol–water partition coefficient (Wildman–Crippen LogP) is 1.10. The summed E-state index contributed by atoms with van der Waals surface area (Å²) in [5.74, 6) is 0.323. The van der Waals surface area contributed by atoms with Gasteiger partial charge in [-0.25, -0.2) is 9.97 Å². The molecule has 2 heterocycles. The van der Waals surface area contributed by atoms with Crippen LogP contribution in [0.15, 0.2) is 36.9 Å². The van der Waals surface area contributed by atoms with Gasteiger partial charge >= 0.3 is 0 Å². The summed E-state index contributed by atoms with van der Waals surface area (Å²) in [5.41, 5.74) is 8.35. The SMILES string of the molecule is CN(C)C(=O)c1cncc(-n2cnc3ccc(N)cc32)n1. The molecule has 0 saturated carbocycles. The lowest BCUT2D eigenvalue weighted by Gasteiger charge is -2.10. The average molecular weight is 282 g/mol. The van der Waals surface area contributed by atoms with Crippen LogP contribution in [0.1, 0.15) is 10.5 Å². The van der Waals surface area contributed by atoms with E-state index in [2.05, 4.69) is 15.0 Å². The van der Waals surface area contributed by atoms with Crippen LogP contribution >= 0.6 is 0 Å². The first-order chi connectivity index (χ1) is 10.1. The summed E-state index contributed by atoms with van der Waals surface area (Å²) in [7, 11) is 3.34. The molecule has 0 spiro atoms. The van der Waals surface area contributed by atoms with Crippen LogP contribution in [0.4, 0.5) is 5.69 Å². The van der Waals surface area contributed by atoms with E-state index >= 15 is 0 Å². The van der Waals surface area contributed by atoms with Crippen LogP contribution in [0.3, 0.4) is 0 Å². The third kappa shape index (κ3) is 2.29. The molecule has 1 aromatic carbocycles. The number of nitrogens with two attached hydrogens (primary N) is 1. The van der Waals surface area contributed by atoms with Gasteiger partial charge in [0.15, 0.2) is 5.82 Å². The summed E-state index contributed by atoms with van der Waals surface area (Å²) in [6.45, 7) is 0. The van der Waals surface area contributed by atoms with Gasteiger partial charge in [0.1, 0.15) is 12.0 Å². The number of aromatic nitrogens is 4. The van der Waals surface area contributed by atoms with Crippen LogP contribution in [-0.2, 0) is 0 Å². The lowest BCUT2D eigenvalue weighted by Crippen LogP contribution is -2.23. The van der Waals surface area contributed by atoms with Gasteiger partial charge in [0, 0.05) is 19.8 Å². The predicted molar refractivity (Wildman–Crippen MR) is 79.1 cm³/mol. The molecule has 0 aliphatic carbocycles. The van der Waals surface area contributed by atoms with Gasteiger partial charge in [0.25, 0.3) is 5.91 Å². The highest BCUT2D eigenvalue weighted by Crippen LogP contribution is 2.19. The van der Waals surface area contributed by atoms with Crippen molar-refractivity contribution < 1.29 is 4.79 Å². The lowest BCUT2D eigenvalue weighted by molar-refractivity contribution is 0.0821. The third-order valence-corrected chi connectivity index (χ3v) is 3.07. The smallest absolute Gasteiger partial charge is 0.273 e. The van der Waals surface area contributed by atoms with Gasteiger partial charge in [-0.2, -0.15) is 0 Å². The van der Waals surface area contributed by atoms with E-state index in [1.165, 1.54) is 11.1 Å². The van der Waals surface area contributed by atoms with Crippen LogP contribution in [0.25, 0.3) is 16.9 Å². The first kappa shape index (κ1) is 13.0. The van der Waals surface area contributed by atoms with Crippen molar-refractivity contribution >= 4 is 22.6 Å². The van der Waals surface area contributed by atoms with E-state index < -0.39 is 0 Å². The molecule has 3 aromatic rings. The summed E-state index contributed by atoms with van der Waals surface area (Å²) in [6, 6.07) is 5.44. The van der Waals surface area contributed by atoms with Crippen molar-refractivity contribution in [3.63, 3.8) is 0 Å². The molecule has 7 heteroatoms. The Morgan fingerprint density at radius 3 is 2.86 bits per heavy atom. The summed E-state index contributed by atoms with van der Waals surface area (Å²) in [5, 5.41) is 0. The Bertz CT molecular complexity index is 823. The van der Waals surface area contributed by atoms with E-state index in [1.54, 1.807) is 37.3 Å². The van der Waals surface area contributed by atoms with Crippen molar-refractivity contribution in [3.8, 4) is 5.82 Å². The van der Waals surface area contributed by atoms with Gasteiger partial charge in [0.05, 0.1) is 23.4 Å². The second kappa shape index (κ2) is 4.86. The summed E-state index contributed by atoms with van der Waals surface area (Å²) < 4.78 is 1.76. The number of carbonyl (C=O) groups is 1. The molecule has 3 rings (SSSR count). The molecular weight excluding hydrogens is 268 g/mol. The fraction of sp³-hybridized carbons (Fsp3) is 0.143. The van der Waals surface area contributed by atoms with Gasteiger partial charge in [-0.05, 0) is 18.2 Å². The molecule has 0 aliphatic heterocycles. The molecule has 7 nitrogen and oxygen atoms in total. The highest BCUT2D eigenvalue weighted by atomic mass is 16.2. The molecule has 2 N–H and O–H groups in total. The van der Waals surface area contributed by atoms with Crippen molar-refractivity contribution in [2.24, 2.45) is 0 Å². The number of anilines is 1. The number of nitrogen functional groups attached to an aromatic ring is 1. The van der Waals surface area contributed by atoms with E-state index in [4.69, 9.17) is 5.73 Å². The quantitative estimate of drug-likeness (QED) is 0.711. The number of carbonyl (C=O) groups excluding carboxylic acids is 1. The van der Waals surface area contributed by atoms with E-state index in [-0.39, 0.29) is 11.6 Å². The van der Waals surface area contributed by atoms with Crippen molar-refractivity contribution in [2.75, 3.05) is 19.8 Å². The highest BCUT2D eigenvalue weighted by Gasteiger charge is 2.13. The van der Waals surface area contributed by atoms with E-state index in [0.717, 1.165) is 11.0 Å². The zero-order valence-electron chi connectivity index (χ0n) is 11.7. The van der Waals surface area contributed by atoms with Crippen molar-refractivity contribution in [1.82, 2.24) is 24.4 Å². The minimum absolute atomic E-state index is 0.201. The molecule has 0 radical (unpaired) electrons. The summed E-state index contributed by atoms with van der Waals surface area (Å²) in [6.07, 6.45) is 4.66. The van der Waals surface area contributed by atoms with Gasteiger partial charge < -0.3 is 10.6 Å². The number of nitrogens with zero attached hydrogens (tertiary/aromatic N) is 5. The molecule has 21 heavy (non-hydrogen) atoms. The van der Waals surface area contributed by atoms with Crippen LogP contribution in [0.5, 0.6) is 0 Å². The Hall–Kier alpha value is -2.96. The fourth-order valence-corrected chi connectivity index (χ4v) is 2.01. The molecule has 0 unspecified atom stereocenters. The largest absolute Gasteiger partial charge is 0.399 e. The zero-order chi connectivity index (χ0) is 15.0. The van der Waals surface area contributed by atoms with Gasteiger partial charge in [-0.3, -0.25) is 14.3 Å². The number of benzene rings is 1. The van der Waals surface area contributed by atoms with Crippen molar-refractivity contribution in [1.29, 1.82) is 0 Å². The number of hydrogen-bond acceptors (Lipinski definition) is 5. The number of imidazole rings is 1.